The van der Waals surface area contributed by atoms with Crippen molar-refractivity contribution in [2.24, 2.45) is 17.2 Å². The number of alkyl halides is 3. The Balaban J connectivity index is 0.00000123. The lowest BCUT2D eigenvalue weighted by atomic mass is 10.1. The molecule has 2 aromatic rings. The first-order valence-electron chi connectivity index (χ1n) is 13.0. The van der Waals surface area contributed by atoms with Crippen LogP contribution in [0.15, 0.2) is 24.3 Å². The van der Waals surface area contributed by atoms with Gasteiger partial charge in [0.1, 0.15) is 5.56 Å². The van der Waals surface area contributed by atoms with Crippen LogP contribution in [0.3, 0.4) is 0 Å². The van der Waals surface area contributed by atoms with Crippen LogP contribution in [-0.2, 0) is 14.4 Å². The second-order valence-corrected chi connectivity index (χ2v) is 9.10. The van der Waals surface area contributed by atoms with Gasteiger partial charge in [-0.25, -0.2) is 13.6 Å². The van der Waals surface area contributed by atoms with Crippen LogP contribution in [-0.4, -0.2) is 59.2 Å². The van der Waals surface area contributed by atoms with Gasteiger partial charge in [0, 0.05) is 17.8 Å². The van der Waals surface area contributed by atoms with Crippen LogP contribution >= 0.6 is 0 Å². The average Bonchev–Trinajstić information content (AvgIpc) is 2.96. The number of halogens is 7. The third-order valence-corrected chi connectivity index (χ3v) is 5.61. The number of hydrogen-bond donors (Lipinski definition) is 6. The first kappa shape index (κ1) is 37.8. The van der Waals surface area contributed by atoms with Gasteiger partial charge in [-0.15, -0.1) is 0 Å². The molecule has 0 bridgehead atoms. The highest BCUT2D eigenvalue weighted by molar-refractivity contribution is 5.94. The Kier molecular flexibility index (Phi) is 15.8. The molecule has 0 saturated carbocycles. The molecule has 1 aromatic heterocycles. The molecule has 0 aliphatic carbocycles. The molecule has 242 valence electrons. The Morgan fingerprint density at radius 3 is 1.84 bits per heavy atom. The molecule has 2 atom stereocenters. The minimum Gasteiger partial charge on any atom is -0.475 e. The molecule has 0 spiro atoms. The number of hydrogen-bond acceptors (Lipinski definition) is 7. The molecule has 44 heavy (non-hydrogen) atoms. The van der Waals surface area contributed by atoms with Crippen LogP contribution in [0, 0.1) is 35.4 Å². The second-order valence-electron chi connectivity index (χ2n) is 9.10. The van der Waals surface area contributed by atoms with Crippen molar-refractivity contribution in [2.75, 3.05) is 18.4 Å². The Labute approximate surface area is 247 Å². The third kappa shape index (κ3) is 13.4. The number of aliphatic carboxylic acids is 1. The fraction of sp³-hybridized carbons (Fsp3) is 0.407. The van der Waals surface area contributed by atoms with E-state index in [1.807, 2.05) is 0 Å². The fourth-order valence-corrected chi connectivity index (χ4v) is 3.21. The topological polar surface area (TPSA) is 186 Å². The van der Waals surface area contributed by atoms with Gasteiger partial charge in [0.2, 0.25) is 11.8 Å². The molecule has 9 N–H and O–H groups in total. The molecular weight excluding hydrogens is 605 g/mol. The molecule has 2 amide bonds. The highest BCUT2D eigenvalue weighted by atomic mass is 19.4. The maximum Gasteiger partial charge on any atom is 0.490 e. The standard InChI is InChI=1S/C25H30F4N6O2.C2HF3O2/c26-20-17(21(27)23(29)35-22(20)28)12-9-15-7-10-16(11-8-15)34-25(37)19(32)6-2-4-14-33-24(36)18(31)5-1-3-13-30;3-2(4,5)1(6)7/h7-8,10-11,18-19H,1-6,13-14,30-32H2,(H,33,36)(H,34,37);(H,6,7)/t18-,19-;/m0./s1. The van der Waals surface area contributed by atoms with Crippen molar-refractivity contribution in [1.82, 2.24) is 10.3 Å². The van der Waals surface area contributed by atoms with Gasteiger partial charge in [-0.05, 0) is 62.9 Å². The number of carboxylic acids is 1. The minimum absolute atomic E-state index is 0.220. The van der Waals surface area contributed by atoms with E-state index in [2.05, 4.69) is 27.5 Å². The molecule has 2 rings (SSSR count). The van der Waals surface area contributed by atoms with Gasteiger partial charge in [-0.1, -0.05) is 18.3 Å². The molecule has 17 heteroatoms. The summed E-state index contributed by atoms with van der Waals surface area (Å²) < 4.78 is 85.4. The van der Waals surface area contributed by atoms with Gasteiger partial charge in [-0.2, -0.15) is 26.9 Å². The number of nitrogens with two attached hydrogens (primary N) is 3. The number of unbranched alkanes of at least 4 members (excludes halogenated alkanes) is 2. The van der Waals surface area contributed by atoms with Crippen molar-refractivity contribution in [3.05, 3.63) is 58.9 Å². The van der Waals surface area contributed by atoms with Crippen molar-refractivity contribution in [1.29, 1.82) is 0 Å². The van der Waals surface area contributed by atoms with Crippen molar-refractivity contribution in [3.8, 4) is 11.8 Å². The molecule has 0 aliphatic rings. The molecule has 0 unspecified atom stereocenters. The van der Waals surface area contributed by atoms with E-state index in [4.69, 9.17) is 27.1 Å². The number of carbonyl (C=O) groups is 3. The number of nitrogens with one attached hydrogen (secondary N) is 2. The Morgan fingerprint density at radius 1 is 0.841 bits per heavy atom. The van der Waals surface area contributed by atoms with Crippen molar-refractivity contribution in [2.45, 2.75) is 56.8 Å². The van der Waals surface area contributed by atoms with Crippen LogP contribution in [0.5, 0.6) is 0 Å². The van der Waals surface area contributed by atoms with Gasteiger partial charge in [0.25, 0.3) is 11.9 Å². The lowest BCUT2D eigenvalue weighted by Crippen LogP contribution is -2.41. The first-order valence-corrected chi connectivity index (χ1v) is 13.0. The molecule has 1 heterocycles. The fourth-order valence-electron chi connectivity index (χ4n) is 3.21. The van der Waals surface area contributed by atoms with Crippen LogP contribution in [0.2, 0.25) is 0 Å². The van der Waals surface area contributed by atoms with Crippen molar-refractivity contribution < 1.29 is 50.2 Å². The Hall–Kier alpha value is -4.27. The Bertz CT molecular complexity index is 1300. The van der Waals surface area contributed by atoms with E-state index in [1.165, 1.54) is 24.3 Å². The van der Waals surface area contributed by atoms with E-state index in [0.29, 0.717) is 44.5 Å². The summed E-state index contributed by atoms with van der Waals surface area (Å²) in [5.74, 6) is -5.91. The number of pyridine rings is 1. The summed E-state index contributed by atoms with van der Waals surface area (Å²) in [5, 5.41) is 12.5. The normalized spacial score (nSPS) is 12.1. The van der Waals surface area contributed by atoms with Crippen LogP contribution in [0.25, 0.3) is 0 Å². The minimum atomic E-state index is -5.08. The number of rotatable bonds is 12. The summed E-state index contributed by atoms with van der Waals surface area (Å²) >= 11 is 0. The number of amides is 2. The van der Waals surface area contributed by atoms with Gasteiger partial charge < -0.3 is 32.9 Å². The predicted octanol–water partition coefficient (Wildman–Crippen LogP) is 2.68. The van der Waals surface area contributed by atoms with Crippen LogP contribution in [0.4, 0.5) is 36.4 Å². The molecule has 0 saturated heterocycles. The zero-order valence-electron chi connectivity index (χ0n) is 23.1. The van der Waals surface area contributed by atoms with Gasteiger partial charge in [0.15, 0.2) is 11.6 Å². The van der Waals surface area contributed by atoms with Crippen LogP contribution in [0.1, 0.15) is 49.7 Å². The number of nitrogens with zero attached hydrogens (tertiary/aromatic N) is 1. The summed E-state index contributed by atoms with van der Waals surface area (Å²) in [5.41, 5.74) is 16.8. The molecule has 10 nitrogen and oxygen atoms in total. The molecular formula is C27H31F7N6O4. The zero-order chi connectivity index (χ0) is 33.4. The van der Waals surface area contributed by atoms with Gasteiger partial charge >= 0.3 is 12.1 Å². The number of carboxylic acid groups (broad SMARTS) is 1. The van der Waals surface area contributed by atoms with Crippen molar-refractivity contribution >= 4 is 23.5 Å². The number of aromatic nitrogens is 1. The number of anilines is 1. The second kappa shape index (κ2) is 18.4. The van der Waals surface area contributed by atoms with Gasteiger partial charge in [0.05, 0.1) is 12.1 Å². The molecule has 0 radical (unpaired) electrons. The SMILES string of the molecule is NCCCC[C@H](N)C(=O)NCCCC[C@H](N)C(=O)Nc1ccc(C#Cc2c(F)c(F)nc(F)c2F)cc1.O=C(O)C(F)(F)F. The molecule has 0 aliphatic heterocycles. The van der Waals surface area contributed by atoms with E-state index in [1.54, 1.807) is 0 Å². The lowest BCUT2D eigenvalue weighted by Gasteiger charge is -2.14. The van der Waals surface area contributed by atoms with E-state index in [0.717, 1.165) is 12.8 Å². The maximum atomic E-state index is 13.6. The largest absolute Gasteiger partial charge is 0.490 e. The summed E-state index contributed by atoms with van der Waals surface area (Å²) in [6, 6.07) is 4.52. The highest BCUT2D eigenvalue weighted by Gasteiger charge is 2.38. The Morgan fingerprint density at radius 2 is 1.34 bits per heavy atom. The van der Waals surface area contributed by atoms with E-state index in [-0.39, 0.29) is 11.5 Å². The summed E-state index contributed by atoms with van der Waals surface area (Å²) in [4.78, 5) is 35.6. The number of carbonyl (C=O) groups excluding carboxylic acids is 2. The average molecular weight is 637 g/mol. The van der Waals surface area contributed by atoms with Crippen LogP contribution < -0.4 is 27.8 Å². The predicted molar refractivity (Wildman–Crippen MR) is 145 cm³/mol. The maximum absolute atomic E-state index is 13.6. The first-order chi connectivity index (χ1) is 20.6. The highest BCUT2D eigenvalue weighted by Crippen LogP contribution is 2.16. The van der Waals surface area contributed by atoms with Crippen molar-refractivity contribution in [3.63, 3.8) is 0 Å². The number of benzene rings is 1. The molecule has 0 fully saturated rings. The smallest absolute Gasteiger partial charge is 0.475 e. The monoisotopic (exact) mass is 636 g/mol. The summed E-state index contributed by atoms with van der Waals surface area (Å²) in [6.07, 6.45) is -1.28. The van der Waals surface area contributed by atoms with Gasteiger partial charge in [-0.3, -0.25) is 9.59 Å². The third-order valence-electron chi connectivity index (χ3n) is 5.61. The van der Waals surface area contributed by atoms with E-state index < -0.39 is 59.2 Å². The van der Waals surface area contributed by atoms with E-state index >= 15 is 0 Å². The summed E-state index contributed by atoms with van der Waals surface area (Å²) in [7, 11) is 0. The summed E-state index contributed by atoms with van der Waals surface area (Å²) in [6.45, 7) is 0.985. The quantitative estimate of drug-likeness (QED) is 0.0888. The zero-order valence-corrected chi connectivity index (χ0v) is 23.1. The molecule has 1 aromatic carbocycles. The lowest BCUT2D eigenvalue weighted by molar-refractivity contribution is -0.192. The van der Waals surface area contributed by atoms with E-state index in [9.17, 15) is 40.3 Å².